The molecule has 0 unspecified atom stereocenters. The normalized spacial score (nSPS) is 10.0. The molecule has 0 aliphatic carbocycles. The van der Waals surface area contributed by atoms with Crippen LogP contribution in [0.5, 0.6) is 5.75 Å². The van der Waals surface area contributed by atoms with E-state index in [0.29, 0.717) is 15.0 Å². The zero-order valence-corrected chi connectivity index (χ0v) is 12.8. The maximum atomic E-state index is 11.7. The standard InChI is InChI=1S/C14H13ClN2O3S/c1-9-3-2-4-10(7-9)20-8-13(18)16-17-14(19)11-5-6-12(15)21-11/h2-7H,8H2,1H3,(H,16,18)(H,17,19). The average molecular weight is 325 g/mol. The van der Waals surface area contributed by atoms with Crippen molar-refractivity contribution in [3.63, 3.8) is 0 Å². The maximum Gasteiger partial charge on any atom is 0.279 e. The molecule has 21 heavy (non-hydrogen) atoms. The molecule has 0 spiro atoms. The third-order valence-corrected chi connectivity index (χ3v) is 3.70. The van der Waals surface area contributed by atoms with Gasteiger partial charge in [-0.2, -0.15) is 0 Å². The Morgan fingerprint density at radius 1 is 1.24 bits per heavy atom. The molecule has 2 N–H and O–H groups in total. The highest BCUT2D eigenvalue weighted by atomic mass is 35.5. The zero-order valence-electron chi connectivity index (χ0n) is 11.2. The van der Waals surface area contributed by atoms with Gasteiger partial charge in [-0.3, -0.25) is 20.4 Å². The van der Waals surface area contributed by atoms with Crippen LogP contribution >= 0.6 is 22.9 Å². The number of carbonyl (C=O) groups excluding carboxylic acids is 2. The lowest BCUT2D eigenvalue weighted by molar-refractivity contribution is -0.123. The first-order valence-corrected chi connectivity index (χ1v) is 7.28. The summed E-state index contributed by atoms with van der Waals surface area (Å²) in [6, 6.07) is 10.5. The van der Waals surface area contributed by atoms with Crippen LogP contribution in [-0.2, 0) is 4.79 Å². The topological polar surface area (TPSA) is 67.4 Å². The van der Waals surface area contributed by atoms with Crippen molar-refractivity contribution >= 4 is 34.8 Å². The van der Waals surface area contributed by atoms with Gasteiger partial charge in [-0.15, -0.1) is 11.3 Å². The van der Waals surface area contributed by atoms with Gasteiger partial charge in [-0.05, 0) is 36.8 Å². The summed E-state index contributed by atoms with van der Waals surface area (Å²) in [4.78, 5) is 23.7. The highest BCUT2D eigenvalue weighted by Gasteiger charge is 2.10. The molecule has 1 aromatic carbocycles. The third-order valence-electron chi connectivity index (χ3n) is 2.47. The summed E-state index contributed by atoms with van der Waals surface area (Å²) in [5.74, 6) is -0.273. The van der Waals surface area contributed by atoms with Gasteiger partial charge in [0, 0.05) is 0 Å². The molecule has 2 amide bonds. The summed E-state index contributed by atoms with van der Waals surface area (Å²) < 4.78 is 5.82. The van der Waals surface area contributed by atoms with Gasteiger partial charge in [0.1, 0.15) is 5.75 Å². The minimum Gasteiger partial charge on any atom is -0.484 e. The first-order valence-electron chi connectivity index (χ1n) is 6.08. The number of hydrogen-bond donors (Lipinski definition) is 2. The Morgan fingerprint density at radius 3 is 2.71 bits per heavy atom. The number of hydrogen-bond acceptors (Lipinski definition) is 4. The molecule has 0 aliphatic rings. The Balaban J connectivity index is 1.76. The van der Waals surface area contributed by atoms with Crippen LogP contribution in [0.1, 0.15) is 15.2 Å². The molecule has 1 aromatic heterocycles. The van der Waals surface area contributed by atoms with Crippen LogP contribution in [0.2, 0.25) is 4.34 Å². The van der Waals surface area contributed by atoms with Gasteiger partial charge in [0.2, 0.25) is 0 Å². The monoisotopic (exact) mass is 324 g/mol. The molecular weight excluding hydrogens is 312 g/mol. The first-order chi connectivity index (χ1) is 10.0. The molecule has 0 atom stereocenters. The Morgan fingerprint density at radius 2 is 2.05 bits per heavy atom. The lowest BCUT2D eigenvalue weighted by Gasteiger charge is -2.08. The van der Waals surface area contributed by atoms with E-state index in [4.69, 9.17) is 16.3 Å². The second-order valence-corrected chi connectivity index (χ2v) is 5.93. The highest BCUT2D eigenvalue weighted by molar-refractivity contribution is 7.17. The predicted molar refractivity (Wildman–Crippen MR) is 81.6 cm³/mol. The second-order valence-electron chi connectivity index (χ2n) is 4.21. The van der Waals surface area contributed by atoms with Crippen LogP contribution in [0.3, 0.4) is 0 Å². The quantitative estimate of drug-likeness (QED) is 0.849. The van der Waals surface area contributed by atoms with Crippen molar-refractivity contribution in [3.05, 3.63) is 51.2 Å². The molecule has 0 radical (unpaired) electrons. The van der Waals surface area contributed by atoms with Crippen molar-refractivity contribution in [1.29, 1.82) is 0 Å². The van der Waals surface area contributed by atoms with Crippen molar-refractivity contribution in [2.24, 2.45) is 0 Å². The molecule has 0 aliphatic heterocycles. The third kappa shape index (κ3) is 4.77. The summed E-state index contributed by atoms with van der Waals surface area (Å²) in [5, 5.41) is 0. The van der Waals surface area contributed by atoms with Gasteiger partial charge >= 0.3 is 0 Å². The molecule has 5 nitrogen and oxygen atoms in total. The molecule has 7 heteroatoms. The molecule has 2 rings (SSSR count). The number of halogens is 1. The number of thiophene rings is 1. The van der Waals surface area contributed by atoms with Crippen molar-refractivity contribution in [2.45, 2.75) is 6.92 Å². The van der Waals surface area contributed by atoms with E-state index in [1.807, 2.05) is 25.1 Å². The van der Waals surface area contributed by atoms with Crippen LogP contribution in [0.4, 0.5) is 0 Å². The average Bonchev–Trinajstić information content (AvgIpc) is 2.89. The lowest BCUT2D eigenvalue weighted by atomic mass is 10.2. The fourth-order valence-electron chi connectivity index (χ4n) is 1.51. The Kier molecular flexibility index (Phi) is 5.19. The van der Waals surface area contributed by atoms with Crippen molar-refractivity contribution in [2.75, 3.05) is 6.61 Å². The maximum absolute atomic E-state index is 11.7. The Hall–Kier alpha value is -2.05. The number of amides is 2. The van der Waals surface area contributed by atoms with E-state index in [-0.39, 0.29) is 6.61 Å². The van der Waals surface area contributed by atoms with Gasteiger partial charge in [-0.1, -0.05) is 23.7 Å². The molecule has 1 heterocycles. The van der Waals surface area contributed by atoms with Gasteiger partial charge in [0.25, 0.3) is 11.8 Å². The molecule has 110 valence electrons. The van der Waals surface area contributed by atoms with Crippen LogP contribution in [0, 0.1) is 6.92 Å². The number of nitrogens with one attached hydrogen (secondary N) is 2. The fraction of sp³-hybridized carbons (Fsp3) is 0.143. The van der Waals surface area contributed by atoms with E-state index < -0.39 is 11.8 Å². The van der Waals surface area contributed by atoms with Crippen LogP contribution in [0.25, 0.3) is 0 Å². The molecule has 0 saturated heterocycles. The molecule has 0 saturated carbocycles. The van der Waals surface area contributed by atoms with E-state index in [1.165, 1.54) is 0 Å². The zero-order chi connectivity index (χ0) is 15.2. The number of aryl methyl sites for hydroxylation is 1. The summed E-state index contributed by atoms with van der Waals surface area (Å²) in [5.41, 5.74) is 5.61. The predicted octanol–water partition coefficient (Wildman–Crippen LogP) is 2.55. The SMILES string of the molecule is Cc1cccc(OCC(=O)NNC(=O)c2ccc(Cl)s2)c1. The number of hydrazine groups is 1. The van der Waals surface area contributed by atoms with E-state index in [2.05, 4.69) is 10.9 Å². The second kappa shape index (κ2) is 7.10. The Bertz CT molecular complexity index is 657. The van der Waals surface area contributed by atoms with Gasteiger partial charge in [-0.25, -0.2) is 0 Å². The lowest BCUT2D eigenvalue weighted by Crippen LogP contribution is -2.43. The summed E-state index contributed by atoms with van der Waals surface area (Å²) >= 11 is 6.86. The van der Waals surface area contributed by atoms with Crippen molar-refractivity contribution in [1.82, 2.24) is 10.9 Å². The van der Waals surface area contributed by atoms with E-state index in [1.54, 1.807) is 18.2 Å². The Labute approximate surface area is 130 Å². The smallest absolute Gasteiger partial charge is 0.279 e. The molecule has 0 fully saturated rings. The molecular formula is C14H13ClN2O3S. The van der Waals surface area contributed by atoms with Crippen LogP contribution < -0.4 is 15.6 Å². The van der Waals surface area contributed by atoms with Crippen molar-refractivity contribution < 1.29 is 14.3 Å². The number of benzene rings is 1. The minimum atomic E-state index is -0.451. The van der Waals surface area contributed by atoms with Crippen LogP contribution in [-0.4, -0.2) is 18.4 Å². The van der Waals surface area contributed by atoms with E-state index in [9.17, 15) is 9.59 Å². The summed E-state index contributed by atoms with van der Waals surface area (Å²) in [6.45, 7) is 1.74. The molecule has 2 aromatic rings. The van der Waals surface area contributed by atoms with E-state index >= 15 is 0 Å². The van der Waals surface area contributed by atoms with Gasteiger partial charge < -0.3 is 4.74 Å². The van der Waals surface area contributed by atoms with Crippen molar-refractivity contribution in [3.8, 4) is 5.75 Å². The first kappa shape index (κ1) is 15.3. The summed E-state index contributed by atoms with van der Waals surface area (Å²) in [7, 11) is 0. The number of rotatable bonds is 4. The number of carbonyl (C=O) groups is 2. The summed E-state index contributed by atoms with van der Waals surface area (Å²) in [6.07, 6.45) is 0. The fourth-order valence-corrected chi connectivity index (χ4v) is 2.45. The number of ether oxygens (including phenoxy) is 1. The largest absolute Gasteiger partial charge is 0.484 e. The minimum absolute atomic E-state index is 0.186. The van der Waals surface area contributed by atoms with Gasteiger partial charge in [0.15, 0.2) is 6.61 Å². The van der Waals surface area contributed by atoms with Gasteiger partial charge in [0.05, 0.1) is 9.21 Å². The molecule has 0 bridgehead atoms. The highest BCUT2D eigenvalue weighted by Crippen LogP contribution is 2.20. The van der Waals surface area contributed by atoms with Crippen LogP contribution in [0.15, 0.2) is 36.4 Å². The van der Waals surface area contributed by atoms with E-state index in [0.717, 1.165) is 16.9 Å².